The third-order valence-corrected chi connectivity index (χ3v) is 3.41. The number of hydrogen-bond acceptors (Lipinski definition) is 6. The second-order valence-electron chi connectivity index (χ2n) is 4.99. The van der Waals surface area contributed by atoms with Gasteiger partial charge in [-0.3, -0.25) is 9.36 Å². The lowest BCUT2D eigenvalue weighted by atomic mass is 10.4. The lowest BCUT2D eigenvalue weighted by Crippen LogP contribution is -2.35. The molecule has 0 aliphatic carbocycles. The molecular weight excluding hydrogens is 285 g/mol. The van der Waals surface area contributed by atoms with Crippen molar-refractivity contribution in [1.29, 1.82) is 0 Å². The van der Waals surface area contributed by atoms with Crippen LogP contribution in [0.3, 0.4) is 0 Å². The fourth-order valence-corrected chi connectivity index (χ4v) is 2.48. The van der Waals surface area contributed by atoms with Crippen LogP contribution in [0.2, 0.25) is 0 Å². The van der Waals surface area contributed by atoms with Crippen molar-refractivity contribution < 1.29 is 28.2 Å². The molecule has 20 heavy (non-hydrogen) atoms. The molecule has 0 fully saturated rings. The summed E-state index contributed by atoms with van der Waals surface area (Å²) in [5.74, 6) is -1.14. The minimum Gasteiger partial charge on any atom is -0.462 e. The van der Waals surface area contributed by atoms with Gasteiger partial charge in [0.1, 0.15) is 6.04 Å². The van der Waals surface area contributed by atoms with Gasteiger partial charge in [-0.2, -0.15) is 0 Å². The minimum atomic E-state index is -3.29. The van der Waals surface area contributed by atoms with Gasteiger partial charge in [0.15, 0.2) is 6.61 Å². The van der Waals surface area contributed by atoms with E-state index in [0.29, 0.717) is 0 Å². The van der Waals surface area contributed by atoms with Crippen LogP contribution in [0.25, 0.3) is 0 Å². The number of esters is 2. The molecule has 0 saturated heterocycles. The van der Waals surface area contributed by atoms with Gasteiger partial charge in [0, 0.05) is 6.66 Å². The Hall–Kier alpha value is -0.910. The number of carbonyl (C=O) groups is 2. The van der Waals surface area contributed by atoms with Crippen LogP contribution in [0.5, 0.6) is 0 Å². The van der Waals surface area contributed by atoms with E-state index in [1.165, 1.54) is 13.6 Å². The van der Waals surface area contributed by atoms with Crippen LogP contribution in [-0.4, -0.2) is 43.5 Å². The first-order chi connectivity index (χ1) is 9.03. The third-order valence-electron chi connectivity index (χ3n) is 1.93. The summed E-state index contributed by atoms with van der Waals surface area (Å²) < 4.78 is 26.8. The fraction of sp³-hybridized carbons (Fsp3) is 0.833. The van der Waals surface area contributed by atoms with Crippen molar-refractivity contribution in [2.24, 2.45) is 0 Å². The van der Waals surface area contributed by atoms with E-state index in [2.05, 4.69) is 5.09 Å². The van der Waals surface area contributed by atoms with E-state index < -0.39 is 32.1 Å². The molecule has 1 N–H and O–H groups in total. The molecule has 118 valence electrons. The second-order valence-corrected chi connectivity index (χ2v) is 7.20. The van der Waals surface area contributed by atoms with Gasteiger partial charge in [-0.15, -0.1) is 0 Å². The lowest BCUT2D eigenvalue weighted by Gasteiger charge is -2.20. The summed E-state index contributed by atoms with van der Waals surface area (Å²) in [7, 11) is -3.29. The largest absolute Gasteiger partial charge is 0.462 e. The van der Waals surface area contributed by atoms with Crippen molar-refractivity contribution in [3.8, 4) is 0 Å². The van der Waals surface area contributed by atoms with Gasteiger partial charge in [-0.1, -0.05) is 0 Å². The Morgan fingerprint density at radius 1 is 1.05 bits per heavy atom. The van der Waals surface area contributed by atoms with Crippen molar-refractivity contribution in [2.75, 3.05) is 13.3 Å². The zero-order valence-electron chi connectivity index (χ0n) is 12.8. The van der Waals surface area contributed by atoms with Gasteiger partial charge in [0.05, 0.1) is 12.2 Å². The second kappa shape index (κ2) is 8.39. The highest BCUT2D eigenvalue weighted by atomic mass is 31.2. The lowest BCUT2D eigenvalue weighted by molar-refractivity contribution is -0.149. The number of rotatable bonds is 8. The van der Waals surface area contributed by atoms with Gasteiger partial charge in [0.25, 0.3) is 7.52 Å². The SMILES string of the molecule is CC(C)OC(=O)CO[P@](C)(=O)N[C@@H](C)C(=O)OC(C)C. The molecule has 0 aromatic carbocycles. The molecule has 2 atom stereocenters. The Morgan fingerprint density at radius 2 is 1.55 bits per heavy atom. The van der Waals surface area contributed by atoms with E-state index >= 15 is 0 Å². The smallest absolute Gasteiger partial charge is 0.332 e. The van der Waals surface area contributed by atoms with Crippen molar-refractivity contribution >= 4 is 19.5 Å². The maximum atomic E-state index is 12.1. The van der Waals surface area contributed by atoms with Crippen molar-refractivity contribution in [3.05, 3.63) is 0 Å². The maximum absolute atomic E-state index is 12.1. The molecule has 0 heterocycles. The molecule has 0 rings (SSSR count). The van der Waals surface area contributed by atoms with E-state index in [1.807, 2.05) is 0 Å². The van der Waals surface area contributed by atoms with Gasteiger partial charge in [-0.05, 0) is 34.6 Å². The van der Waals surface area contributed by atoms with Crippen LogP contribution in [0.15, 0.2) is 0 Å². The number of nitrogens with one attached hydrogen (secondary N) is 1. The Bertz CT molecular complexity index is 382. The summed E-state index contributed by atoms with van der Waals surface area (Å²) in [6.07, 6.45) is -0.528. The predicted octanol–water partition coefficient (Wildman–Crippen LogP) is 1.71. The quantitative estimate of drug-likeness (QED) is 0.539. The molecular formula is C12H24NO6P. The van der Waals surface area contributed by atoms with Crippen LogP contribution in [0, 0.1) is 0 Å². The van der Waals surface area contributed by atoms with Crippen LogP contribution in [-0.2, 0) is 28.2 Å². The normalized spacial score (nSPS) is 15.8. The molecule has 0 unspecified atom stereocenters. The Kier molecular flexibility index (Phi) is 8.01. The highest BCUT2D eigenvalue weighted by Crippen LogP contribution is 2.38. The van der Waals surface area contributed by atoms with Gasteiger partial charge >= 0.3 is 11.9 Å². The topological polar surface area (TPSA) is 90.9 Å². The number of ether oxygens (including phenoxy) is 2. The van der Waals surface area contributed by atoms with E-state index in [1.54, 1.807) is 27.7 Å². The molecule has 0 amide bonds. The predicted molar refractivity (Wildman–Crippen MR) is 74.5 cm³/mol. The third kappa shape index (κ3) is 9.07. The molecule has 0 aliphatic heterocycles. The van der Waals surface area contributed by atoms with Gasteiger partial charge in [-0.25, -0.2) is 9.88 Å². The molecule has 0 radical (unpaired) electrons. The first-order valence-corrected chi connectivity index (χ1v) is 8.50. The summed E-state index contributed by atoms with van der Waals surface area (Å²) in [5, 5.41) is 2.52. The zero-order valence-corrected chi connectivity index (χ0v) is 13.7. The van der Waals surface area contributed by atoms with Crippen LogP contribution in [0.1, 0.15) is 34.6 Å². The Balaban J connectivity index is 4.27. The highest BCUT2D eigenvalue weighted by Gasteiger charge is 2.26. The standard InChI is InChI=1S/C12H24NO6P/c1-8(2)18-11(14)7-17-20(6,16)13-10(5)12(15)19-9(3)4/h8-10H,7H2,1-6H3,(H,13,16)/t10-,20-/m0/s1. The summed E-state index contributed by atoms with van der Waals surface area (Å²) in [6.45, 7) is 9.19. The monoisotopic (exact) mass is 309 g/mol. The Labute approximate surface area is 119 Å². The molecule has 0 spiro atoms. The van der Waals surface area contributed by atoms with Gasteiger partial charge < -0.3 is 14.0 Å². The van der Waals surface area contributed by atoms with Crippen molar-refractivity contribution in [1.82, 2.24) is 5.09 Å². The van der Waals surface area contributed by atoms with E-state index in [9.17, 15) is 14.2 Å². The summed E-state index contributed by atoms with van der Waals surface area (Å²) in [4.78, 5) is 22.8. The summed E-state index contributed by atoms with van der Waals surface area (Å²) >= 11 is 0. The van der Waals surface area contributed by atoms with E-state index in [4.69, 9.17) is 14.0 Å². The van der Waals surface area contributed by atoms with Gasteiger partial charge in [0.2, 0.25) is 0 Å². The number of hydrogen-bond donors (Lipinski definition) is 1. The maximum Gasteiger partial charge on any atom is 0.332 e. The average Bonchev–Trinajstić information content (AvgIpc) is 2.24. The van der Waals surface area contributed by atoms with Crippen molar-refractivity contribution in [3.63, 3.8) is 0 Å². The summed E-state index contributed by atoms with van der Waals surface area (Å²) in [5.41, 5.74) is 0. The molecule has 0 bridgehead atoms. The highest BCUT2D eigenvalue weighted by molar-refractivity contribution is 7.56. The van der Waals surface area contributed by atoms with E-state index in [-0.39, 0.29) is 12.2 Å². The Morgan fingerprint density at radius 3 is 2.00 bits per heavy atom. The van der Waals surface area contributed by atoms with Crippen LogP contribution >= 0.6 is 7.52 Å². The molecule has 0 aliphatic rings. The first-order valence-electron chi connectivity index (χ1n) is 6.43. The molecule has 0 aromatic rings. The fourth-order valence-electron chi connectivity index (χ4n) is 1.25. The average molecular weight is 309 g/mol. The van der Waals surface area contributed by atoms with Crippen LogP contribution in [0.4, 0.5) is 0 Å². The first kappa shape index (κ1) is 19.1. The molecule has 0 aromatic heterocycles. The minimum absolute atomic E-state index is 0.259. The van der Waals surface area contributed by atoms with Crippen molar-refractivity contribution in [2.45, 2.75) is 52.9 Å². The van der Waals surface area contributed by atoms with Crippen LogP contribution < -0.4 is 5.09 Å². The molecule has 0 saturated carbocycles. The number of carbonyl (C=O) groups excluding carboxylic acids is 2. The zero-order chi connectivity index (χ0) is 15.9. The molecule has 8 heteroatoms. The van der Waals surface area contributed by atoms with E-state index in [0.717, 1.165) is 0 Å². The molecule has 7 nitrogen and oxygen atoms in total. The summed E-state index contributed by atoms with van der Waals surface area (Å²) in [6, 6.07) is -0.797.